The maximum Gasteiger partial charge on any atom is 0.511 e. The van der Waals surface area contributed by atoms with E-state index in [2.05, 4.69) is 53.4 Å². The molecule has 2 aromatic rings. The van der Waals surface area contributed by atoms with Crippen LogP contribution in [0.4, 0.5) is 4.79 Å². The number of hydrogen-bond donors (Lipinski definition) is 1. The quantitative estimate of drug-likeness (QED) is 0.512. The molecule has 5 heteroatoms. The van der Waals surface area contributed by atoms with Crippen LogP contribution >= 0.6 is 0 Å². The van der Waals surface area contributed by atoms with E-state index in [0.29, 0.717) is 31.4 Å². The van der Waals surface area contributed by atoms with Crippen LogP contribution in [0.25, 0.3) is 0 Å². The molecule has 148 valence electrons. The Balaban J connectivity index is 1.45. The molecule has 0 fully saturated rings. The fourth-order valence-corrected chi connectivity index (χ4v) is 3.54. The topological polar surface area (TPSA) is 59.0 Å². The summed E-state index contributed by atoms with van der Waals surface area (Å²) in [7, 11) is 0. The summed E-state index contributed by atoms with van der Waals surface area (Å²) in [4.78, 5) is 12.8. The van der Waals surface area contributed by atoms with Crippen LogP contribution < -0.4 is 0 Å². The van der Waals surface area contributed by atoms with Gasteiger partial charge in [0.1, 0.15) is 5.76 Å². The molecule has 0 aliphatic carbocycles. The second kappa shape index (κ2) is 10.6. The maximum absolute atomic E-state index is 10.7. The van der Waals surface area contributed by atoms with Crippen LogP contribution in [-0.2, 0) is 9.47 Å². The van der Waals surface area contributed by atoms with Crippen molar-refractivity contribution >= 4 is 6.16 Å². The number of nitrogens with zero attached hydrogens (tertiary/aromatic N) is 1. The Bertz CT molecular complexity index is 721. The van der Waals surface area contributed by atoms with E-state index in [1.54, 1.807) is 0 Å². The maximum atomic E-state index is 10.7. The smallest absolute Gasteiger partial charge is 0.449 e. The molecule has 0 unspecified atom stereocenters. The first-order chi connectivity index (χ1) is 13.7. The summed E-state index contributed by atoms with van der Waals surface area (Å²) in [5.74, 6) is 0.822. The van der Waals surface area contributed by atoms with Gasteiger partial charge in [-0.15, -0.1) is 0 Å². The van der Waals surface area contributed by atoms with Gasteiger partial charge in [0.25, 0.3) is 0 Å². The number of rotatable bonds is 9. The van der Waals surface area contributed by atoms with E-state index in [-0.39, 0.29) is 0 Å². The Morgan fingerprint density at radius 3 is 2.25 bits per heavy atom. The largest absolute Gasteiger partial charge is 0.511 e. The molecule has 1 aliphatic heterocycles. The van der Waals surface area contributed by atoms with Gasteiger partial charge in [-0.1, -0.05) is 60.7 Å². The average Bonchev–Trinajstić information content (AvgIpc) is 2.72. The highest BCUT2D eigenvalue weighted by molar-refractivity contribution is 5.58. The molecule has 0 atom stereocenters. The van der Waals surface area contributed by atoms with Crippen molar-refractivity contribution in [3.05, 3.63) is 83.6 Å². The van der Waals surface area contributed by atoms with E-state index in [1.165, 1.54) is 11.1 Å². The summed E-state index contributed by atoms with van der Waals surface area (Å²) in [6.45, 7) is 3.48. The second-order valence-corrected chi connectivity index (χ2v) is 6.88. The van der Waals surface area contributed by atoms with Crippen LogP contribution in [-0.4, -0.2) is 49.0 Å². The van der Waals surface area contributed by atoms with Gasteiger partial charge < -0.3 is 14.6 Å². The summed E-state index contributed by atoms with van der Waals surface area (Å²) in [5, 5.41) is 8.73. The number of ether oxygens (including phenoxy) is 2. The fourth-order valence-electron chi connectivity index (χ4n) is 3.54. The first kappa shape index (κ1) is 20.1. The average molecular weight is 381 g/mol. The zero-order chi connectivity index (χ0) is 19.6. The van der Waals surface area contributed by atoms with E-state index in [9.17, 15) is 4.79 Å². The lowest BCUT2D eigenvalue weighted by Crippen LogP contribution is -2.34. The van der Waals surface area contributed by atoms with Gasteiger partial charge in [-0.3, -0.25) is 4.90 Å². The number of carboxylic acid groups (broad SMARTS) is 1. The molecule has 0 bridgehead atoms. The molecule has 2 aromatic carbocycles. The molecule has 1 aliphatic rings. The molecule has 5 nitrogen and oxygen atoms in total. The predicted octanol–water partition coefficient (Wildman–Crippen LogP) is 4.51. The number of carbonyl (C=O) groups is 1. The third kappa shape index (κ3) is 6.22. The van der Waals surface area contributed by atoms with Crippen molar-refractivity contribution < 1.29 is 19.4 Å². The van der Waals surface area contributed by atoms with Gasteiger partial charge in [-0.05, 0) is 30.0 Å². The van der Waals surface area contributed by atoms with Crippen molar-refractivity contribution in [3.8, 4) is 0 Å². The normalized spacial score (nSPS) is 14.7. The van der Waals surface area contributed by atoms with E-state index in [0.717, 1.165) is 25.9 Å². The summed E-state index contributed by atoms with van der Waals surface area (Å²) in [6.07, 6.45) is 2.31. The summed E-state index contributed by atoms with van der Waals surface area (Å²) in [6, 6.07) is 21.1. The first-order valence-electron chi connectivity index (χ1n) is 9.72. The fraction of sp³-hybridized carbons (Fsp3) is 0.348. The van der Waals surface area contributed by atoms with Gasteiger partial charge in [0, 0.05) is 25.6 Å². The Hall–Kier alpha value is -2.63. The van der Waals surface area contributed by atoms with Crippen LogP contribution in [0.15, 0.2) is 72.5 Å². The van der Waals surface area contributed by atoms with Crippen molar-refractivity contribution in [2.24, 2.45) is 0 Å². The van der Waals surface area contributed by atoms with Crippen LogP contribution in [0.5, 0.6) is 0 Å². The molecule has 0 saturated carbocycles. The van der Waals surface area contributed by atoms with Crippen molar-refractivity contribution in [2.75, 3.05) is 32.8 Å². The SMILES string of the molecule is O=C(O)OC1=CCCN(CCOCCC(c2ccccc2)c2ccccc2)C1. The van der Waals surface area contributed by atoms with E-state index in [4.69, 9.17) is 14.6 Å². The monoisotopic (exact) mass is 381 g/mol. The highest BCUT2D eigenvalue weighted by Crippen LogP contribution is 2.27. The zero-order valence-corrected chi connectivity index (χ0v) is 16.0. The molecular weight excluding hydrogens is 354 g/mol. The Labute approximate surface area is 166 Å². The molecule has 3 rings (SSSR count). The highest BCUT2D eigenvalue weighted by atomic mass is 16.7. The predicted molar refractivity (Wildman–Crippen MR) is 108 cm³/mol. The molecule has 1 N–H and O–H groups in total. The van der Waals surface area contributed by atoms with Gasteiger partial charge >= 0.3 is 6.16 Å². The summed E-state index contributed by atoms with van der Waals surface area (Å²) < 4.78 is 10.7. The molecule has 0 spiro atoms. The molecule has 28 heavy (non-hydrogen) atoms. The lowest BCUT2D eigenvalue weighted by atomic mass is 9.89. The molecule has 0 saturated heterocycles. The molecule has 1 heterocycles. The van der Waals surface area contributed by atoms with Gasteiger partial charge in [0.05, 0.1) is 13.2 Å². The van der Waals surface area contributed by atoms with E-state index >= 15 is 0 Å². The van der Waals surface area contributed by atoms with E-state index < -0.39 is 6.16 Å². The first-order valence-corrected chi connectivity index (χ1v) is 9.72. The Kier molecular flexibility index (Phi) is 7.64. The minimum Gasteiger partial charge on any atom is -0.449 e. The lowest BCUT2D eigenvalue weighted by molar-refractivity contribution is 0.0853. The third-order valence-electron chi connectivity index (χ3n) is 4.92. The van der Waals surface area contributed by atoms with Gasteiger partial charge in [0.15, 0.2) is 0 Å². The Morgan fingerprint density at radius 1 is 1.00 bits per heavy atom. The minimum absolute atomic E-state index is 0.316. The lowest BCUT2D eigenvalue weighted by Gasteiger charge is -2.26. The highest BCUT2D eigenvalue weighted by Gasteiger charge is 2.16. The van der Waals surface area contributed by atoms with Crippen LogP contribution in [0.2, 0.25) is 0 Å². The van der Waals surface area contributed by atoms with Crippen molar-refractivity contribution in [1.82, 2.24) is 4.90 Å². The second-order valence-electron chi connectivity index (χ2n) is 6.88. The van der Waals surface area contributed by atoms with Crippen LogP contribution in [0, 0.1) is 0 Å². The van der Waals surface area contributed by atoms with Gasteiger partial charge in [0.2, 0.25) is 0 Å². The molecule has 0 aromatic heterocycles. The van der Waals surface area contributed by atoms with Crippen molar-refractivity contribution in [2.45, 2.75) is 18.8 Å². The van der Waals surface area contributed by atoms with Crippen molar-refractivity contribution in [1.29, 1.82) is 0 Å². The van der Waals surface area contributed by atoms with Crippen LogP contribution in [0.1, 0.15) is 29.9 Å². The van der Waals surface area contributed by atoms with Gasteiger partial charge in [-0.25, -0.2) is 4.79 Å². The standard InChI is InChI=1S/C23H27NO4/c25-23(26)28-21-12-7-14-24(18-21)15-17-27-16-13-22(19-8-3-1-4-9-19)20-10-5-2-6-11-20/h1-6,8-12,22H,7,13-18H2,(H,25,26). The third-order valence-corrected chi connectivity index (χ3v) is 4.92. The summed E-state index contributed by atoms with van der Waals surface area (Å²) in [5.41, 5.74) is 2.60. The zero-order valence-electron chi connectivity index (χ0n) is 16.0. The molecule has 0 amide bonds. The minimum atomic E-state index is -1.25. The number of benzene rings is 2. The number of hydrogen-bond acceptors (Lipinski definition) is 4. The van der Waals surface area contributed by atoms with Crippen LogP contribution in [0.3, 0.4) is 0 Å². The van der Waals surface area contributed by atoms with Gasteiger partial charge in [-0.2, -0.15) is 0 Å². The van der Waals surface area contributed by atoms with Crippen molar-refractivity contribution in [3.63, 3.8) is 0 Å². The van der Waals surface area contributed by atoms with E-state index in [1.807, 2.05) is 18.2 Å². The summed E-state index contributed by atoms with van der Waals surface area (Å²) >= 11 is 0. The molecule has 0 radical (unpaired) electrons. The Morgan fingerprint density at radius 2 is 1.64 bits per heavy atom. The molecular formula is C23H27NO4.